The molecule has 1 aromatic heterocycles. The molecule has 2 aromatic rings. The number of nitrogens with zero attached hydrogens (tertiary/aromatic N) is 2. The van der Waals surface area contributed by atoms with Gasteiger partial charge in [0.05, 0.1) is 5.02 Å². The first-order chi connectivity index (χ1) is 11.0. The summed E-state index contributed by atoms with van der Waals surface area (Å²) in [6, 6.07) is 9.47. The Balaban J connectivity index is 1.85. The highest BCUT2D eigenvalue weighted by Gasteiger charge is 2.34. The van der Waals surface area contributed by atoms with E-state index in [1.54, 1.807) is 12.1 Å². The van der Waals surface area contributed by atoms with Crippen molar-refractivity contribution in [2.24, 2.45) is 5.92 Å². The number of hydrogen-bond acceptors (Lipinski definition) is 3. The molecule has 1 fully saturated rings. The molecule has 1 saturated heterocycles. The molecule has 0 spiro atoms. The van der Waals surface area contributed by atoms with Crippen LogP contribution in [0.15, 0.2) is 34.9 Å². The van der Waals surface area contributed by atoms with Crippen LogP contribution in [0.1, 0.15) is 44.1 Å². The minimum atomic E-state index is -0.0704. The number of carbonyl (C=O) groups excluding carboxylic acids is 1. The predicted octanol–water partition coefficient (Wildman–Crippen LogP) is 4.64. The molecule has 23 heavy (non-hydrogen) atoms. The number of rotatable bonds is 2. The van der Waals surface area contributed by atoms with Gasteiger partial charge in [0.2, 0.25) is 0 Å². The summed E-state index contributed by atoms with van der Waals surface area (Å²) in [6.07, 6.45) is 2.04. The van der Waals surface area contributed by atoms with Gasteiger partial charge in [0, 0.05) is 23.7 Å². The maximum Gasteiger partial charge on any atom is 0.276 e. The van der Waals surface area contributed by atoms with E-state index in [0.29, 0.717) is 22.4 Å². The Morgan fingerprint density at radius 3 is 2.52 bits per heavy atom. The number of carbonyl (C=O) groups is 1. The Morgan fingerprint density at radius 1 is 1.22 bits per heavy atom. The van der Waals surface area contributed by atoms with Crippen LogP contribution in [0, 0.1) is 5.92 Å². The van der Waals surface area contributed by atoms with E-state index in [4.69, 9.17) is 16.1 Å². The molecule has 122 valence electrons. The number of aromatic nitrogens is 1. The highest BCUT2D eigenvalue weighted by atomic mass is 35.5. The Labute approximate surface area is 141 Å². The van der Waals surface area contributed by atoms with Gasteiger partial charge in [-0.15, -0.1) is 0 Å². The van der Waals surface area contributed by atoms with Gasteiger partial charge in [-0.05, 0) is 44.7 Å². The van der Waals surface area contributed by atoms with Gasteiger partial charge in [-0.2, -0.15) is 0 Å². The van der Waals surface area contributed by atoms with Gasteiger partial charge in [0.25, 0.3) is 5.91 Å². The number of amides is 1. The zero-order valence-electron chi connectivity index (χ0n) is 13.6. The molecule has 1 aliphatic rings. The monoisotopic (exact) mass is 332 g/mol. The van der Waals surface area contributed by atoms with E-state index < -0.39 is 0 Å². The molecule has 0 N–H and O–H groups in total. The van der Waals surface area contributed by atoms with Gasteiger partial charge in [-0.3, -0.25) is 4.79 Å². The van der Waals surface area contributed by atoms with Crippen LogP contribution in [0.3, 0.4) is 0 Å². The number of hydrogen-bond donors (Lipinski definition) is 0. The maximum atomic E-state index is 12.8. The highest BCUT2D eigenvalue weighted by Crippen LogP contribution is 2.31. The van der Waals surface area contributed by atoms with E-state index in [9.17, 15) is 4.79 Å². The van der Waals surface area contributed by atoms with E-state index in [2.05, 4.69) is 25.9 Å². The van der Waals surface area contributed by atoms with Crippen molar-refractivity contribution in [3.8, 4) is 11.3 Å². The van der Waals surface area contributed by atoms with Crippen LogP contribution < -0.4 is 0 Å². The summed E-state index contributed by atoms with van der Waals surface area (Å²) >= 11 is 6.18. The zero-order valence-corrected chi connectivity index (χ0v) is 14.4. The molecule has 2 heterocycles. The van der Waals surface area contributed by atoms with Crippen LogP contribution >= 0.6 is 11.6 Å². The third-order valence-electron chi connectivity index (χ3n) is 4.54. The van der Waals surface area contributed by atoms with Crippen LogP contribution in [0.4, 0.5) is 0 Å². The van der Waals surface area contributed by atoms with E-state index in [1.807, 2.05) is 23.1 Å². The molecule has 4 nitrogen and oxygen atoms in total. The second-order valence-corrected chi connectivity index (χ2v) is 6.95. The van der Waals surface area contributed by atoms with Crippen molar-refractivity contribution < 1.29 is 9.32 Å². The molecule has 1 aliphatic heterocycles. The molecule has 0 saturated carbocycles. The second-order valence-electron chi connectivity index (χ2n) is 6.54. The first kappa shape index (κ1) is 16.1. The SMILES string of the molecule is CC1CC(C)N(C(=O)c2cc(-c3ccccc3Cl)on2)C(C)C1. The van der Waals surface area contributed by atoms with Crippen molar-refractivity contribution in [1.29, 1.82) is 0 Å². The Bertz CT molecular complexity index is 701. The fourth-order valence-electron chi connectivity index (χ4n) is 3.62. The summed E-state index contributed by atoms with van der Waals surface area (Å²) in [5.74, 6) is 1.09. The van der Waals surface area contributed by atoms with Crippen molar-refractivity contribution in [2.45, 2.75) is 45.7 Å². The minimum absolute atomic E-state index is 0.0704. The molecule has 2 unspecified atom stereocenters. The lowest BCUT2D eigenvalue weighted by Gasteiger charge is -2.41. The molecule has 2 atom stereocenters. The lowest BCUT2D eigenvalue weighted by atomic mass is 9.88. The topological polar surface area (TPSA) is 46.3 Å². The average molecular weight is 333 g/mol. The molecule has 0 aliphatic carbocycles. The average Bonchev–Trinajstić information content (AvgIpc) is 2.96. The lowest BCUT2D eigenvalue weighted by Crippen LogP contribution is -2.49. The first-order valence-electron chi connectivity index (χ1n) is 8.01. The van der Waals surface area contributed by atoms with Gasteiger partial charge >= 0.3 is 0 Å². The first-order valence-corrected chi connectivity index (χ1v) is 8.39. The molecule has 5 heteroatoms. The van der Waals surface area contributed by atoms with Gasteiger partial charge < -0.3 is 9.42 Å². The third-order valence-corrected chi connectivity index (χ3v) is 4.87. The summed E-state index contributed by atoms with van der Waals surface area (Å²) in [6.45, 7) is 6.43. The normalized spacial score (nSPS) is 24.7. The van der Waals surface area contributed by atoms with E-state index >= 15 is 0 Å². The van der Waals surface area contributed by atoms with Crippen molar-refractivity contribution in [3.05, 3.63) is 41.0 Å². The molecule has 1 aromatic carbocycles. The molecule has 0 radical (unpaired) electrons. The Kier molecular flexibility index (Phi) is 4.44. The van der Waals surface area contributed by atoms with Gasteiger partial charge in [-0.1, -0.05) is 35.8 Å². The lowest BCUT2D eigenvalue weighted by molar-refractivity contribution is 0.0424. The van der Waals surface area contributed by atoms with E-state index in [1.165, 1.54) is 0 Å². The Hall–Kier alpha value is -1.81. The third kappa shape index (κ3) is 3.13. The maximum absolute atomic E-state index is 12.8. The predicted molar refractivity (Wildman–Crippen MR) is 90.4 cm³/mol. The van der Waals surface area contributed by atoms with Crippen molar-refractivity contribution in [1.82, 2.24) is 10.1 Å². The molecule has 3 rings (SSSR count). The molecule has 1 amide bonds. The van der Waals surface area contributed by atoms with Crippen LogP contribution in [0.2, 0.25) is 5.02 Å². The number of likely N-dealkylation sites (tertiary alicyclic amines) is 1. The van der Waals surface area contributed by atoms with E-state index in [-0.39, 0.29) is 18.0 Å². The van der Waals surface area contributed by atoms with Gasteiger partial charge in [0.1, 0.15) is 0 Å². The fraction of sp³-hybridized carbons (Fsp3) is 0.444. The number of benzene rings is 1. The standard InChI is InChI=1S/C18H21ClN2O2/c1-11-8-12(2)21(13(3)9-11)18(22)16-10-17(23-20-16)14-6-4-5-7-15(14)19/h4-7,10-13H,8-9H2,1-3H3. The van der Waals surface area contributed by atoms with Crippen molar-refractivity contribution >= 4 is 17.5 Å². The molecular weight excluding hydrogens is 312 g/mol. The van der Waals surface area contributed by atoms with E-state index in [0.717, 1.165) is 18.4 Å². The van der Waals surface area contributed by atoms with Gasteiger partial charge in [0.15, 0.2) is 11.5 Å². The largest absolute Gasteiger partial charge is 0.355 e. The molecular formula is C18H21ClN2O2. The molecule has 0 bridgehead atoms. The van der Waals surface area contributed by atoms with Crippen LogP contribution in [0.25, 0.3) is 11.3 Å². The summed E-state index contributed by atoms with van der Waals surface area (Å²) in [4.78, 5) is 14.8. The van der Waals surface area contributed by atoms with Crippen molar-refractivity contribution in [2.75, 3.05) is 0 Å². The quantitative estimate of drug-likeness (QED) is 0.804. The summed E-state index contributed by atoms with van der Waals surface area (Å²) < 4.78 is 5.35. The van der Waals surface area contributed by atoms with Crippen molar-refractivity contribution in [3.63, 3.8) is 0 Å². The number of halogens is 1. The number of piperidine rings is 1. The highest BCUT2D eigenvalue weighted by molar-refractivity contribution is 6.33. The van der Waals surface area contributed by atoms with Crippen LogP contribution in [-0.2, 0) is 0 Å². The second kappa shape index (κ2) is 6.36. The smallest absolute Gasteiger partial charge is 0.276 e. The van der Waals surface area contributed by atoms with Crippen LogP contribution in [-0.4, -0.2) is 28.0 Å². The summed E-state index contributed by atoms with van der Waals surface area (Å²) in [5.41, 5.74) is 1.09. The van der Waals surface area contributed by atoms with Crippen LogP contribution in [0.5, 0.6) is 0 Å². The van der Waals surface area contributed by atoms with Gasteiger partial charge in [-0.25, -0.2) is 0 Å². The minimum Gasteiger partial charge on any atom is -0.355 e. The Morgan fingerprint density at radius 2 is 1.87 bits per heavy atom. The summed E-state index contributed by atoms with van der Waals surface area (Å²) in [7, 11) is 0. The summed E-state index contributed by atoms with van der Waals surface area (Å²) in [5, 5.41) is 4.55. The fourth-order valence-corrected chi connectivity index (χ4v) is 3.85. The zero-order chi connectivity index (χ0) is 16.6.